The summed E-state index contributed by atoms with van der Waals surface area (Å²) in [6.45, 7) is 9.40. The molecule has 6 heteroatoms. The number of fused-ring (bicyclic) bond motifs is 1. The van der Waals surface area contributed by atoms with Crippen molar-refractivity contribution >= 4 is 18.7 Å². The molecule has 0 atom stereocenters. The zero-order chi connectivity index (χ0) is 14.9. The smallest absolute Gasteiger partial charge is 0.300 e. The Labute approximate surface area is 119 Å². The van der Waals surface area contributed by atoms with Gasteiger partial charge in [0.1, 0.15) is 6.20 Å². The zero-order valence-corrected chi connectivity index (χ0v) is 13.5. The minimum Gasteiger partial charge on any atom is -0.300 e. The molecule has 0 bridgehead atoms. The number of aromatic amines is 1. The molecule has 0 radical (unpaired) electrons. The van der Waals surface area contributed by atoms with Gasteiger partial charge in [-0.3, -0.25) is 13.6 Å². The molecule has 0 spiro atoms. The number of hydrogen-bond donors (Lipinski definition) is 1. The lowest BCUT2D eigenvalue weighted by Crippen LogP contribution is -2.38. The van der Waals surface area contributed by atoms with Gasteiger partial charge in [-0.2, -0.15) is 4.40 Å². The minimum absolute atomic E-state index is 0.185. The molecule has 2 rings (SSSR count). The van der Waals surface area contributed by atoms with Crippen LogP contribution in [0.25, 0.3) is 5.65 Å². The second-order valence-electron chi connectivity index (χ2n) is 5.41. The third kappa shape index (κ3) is 3.11. The summed E-state index contributed by atoms with van der Waals surface area (Å²) in [7, 11) is -3.37. The van der Waals surface area contributed by atoms with Gasteiger partial charge in [0, 0.05) is 6.07 Å². The van der Waals surface area contributed by atoms with Crippen molar-refractivity contribution in [1.29, 1.82) is 0 Å². The van der Waals surface area contributed by atoms with Crippen LogP contribution in [-0.4, -0.2) is 17.2 Å². The largest absolute Gasteiger partial charge is 0.405 e. The van der Waals surface area contributed by atoms with E-state index in [0.717, 1.165) is 11.2 Å². The molecule has 0 aliphatic rings. The molecule has 20 heavy (non-hydrogen) atoms. The van der Waals surface area contributed by atoms with Gasteiger partial charge in [-0.25, -0.2) is 4.98 Å². The van der Waals surface area contributed by atoms with Gasteiger partial charge in [-0.15, -0.1) is 0 Å². The van der Waals surface area contributed by atoms with Crippen LogP contribution in [0.4, 0.5) is 0 Å². The molecule has 2 aromatic rings. The first-order valence-corrected chi connectivity index (χ1v) is 8.33. The normalized spacial score (nSPS) is 12.8. The first-order valence-electron chi connectivity index (χ1n) is 6.78. The van der Waals surface area contributed by atoms with E-state index in [9.17, 15) is 4.57 Å². The van der Waals surface area contributed by atoms with Gasteiger partial charge in [-0.05, 0) is 46.2 Å². The van der Waals surface area contributed by atoms with Crippen molar-refractivity contribution in [3.63, 3.8) is 0 Å². The van der Waals surface area contributed by atoms with Crippen LogP contribution in [0, 0.1) is 6.92 Å². The molecule has 0 amide bonds. The number of nitrogens with zero attached hydrogens (tertiary/aromatic N) is 1. The fraction of sp³-hybridized carbons (Fsp3) is 0.500. The summed E-state index contributed by atoms with van der Waals surface area (Å²) in [5, 5.41) is 0. The number of H-pyrrole nitrogens is 1. The van der Waals surface area contributed by atoms with Gasteiger partial charge in [-0.1, -0.05) is 0 Å². The third-order valence-corrected chi connectivity index (χ3v) is 4.99. The van der Waals surface area contributed by atoms with E-state index < -0.39 is 7.60 Å². The molecule has 2 heterocycles. The Morgan fingerprint density at radius 3 is 2.35 bits per heavy atom. The summed E-state index contributed by atoms with van der Waals surface area (Å²) < 4.78 is 26.2. The van der Waals surface area contributed by atoms with E-state index in [2.05, 4.69) is 4.98 Å². The Hall–Kier alpha value is -1.16. The lowest BCUT2D eigenvalue weighted by atomic mass is 10.3. The van der Waals surface area contributed by atoms with E-state index in [-0.39, 0.29) is 12.2 Å². The van der Waals surface area contributed by atoms with Crippen molar-refractivity contribution in [2.24, 2.45) is 0 Å². The van der Waals surface area contributed by atoms with Crippen LogP contribution in [0.15, 0.2) is 24.5 Å². The van der Waals surface area contributed by atoms with Crippen molar-refractivity contribution in [1.82, 2.24) is 4.98 Å². The summed E-state index contributed by atoms with van der Waals surface area (Å²) in [5.74, 6) is 0. The van der Waals surface area contributed by atoms with Crippen molar-refractivity contribution in [2.75, 3.05) is 0 Å². The van der Waals surface area contributed by atoms with Gasteiger partial charge in [0.2, 0.25) is 0 Å². The van der Waals surface area contributed by atoms with E-state index in [0.29, 0.717) is 5.44 Å². The predicted octanol–water partition coefficient (Wildman–Crippen LogP) is 2.73. The van der Waals surface area contributed by atoms with Gasteiger partial charge >= 0.3 is 7.60 Å². The van der Waals surface area contributed by atoms with E-state index in [1.807, 2.05) is 57.3 Å². The van der Waals surface area contributed by atoms with E-state index in [1.54, 1.807) is 6.20 Å². The summed E-state index contributed by atoms with van der Waals surface area (Å²) >= 11 is 0. The van der Waals surface area contributed by atoms with Crippen LogP contribution >= 0.6 is 7.60 Å². The second kappa shape index (κ2) is 5.68. The highest BCUT2D eigenvalue weighted by Gasteiger charge is 2.37. The molecular weight excluding hydrogens is 275 g/mol. The number of pyridine rings is 1. The van der Waals surface area contributed by atoms with Crippen LogP contribution in [0.2, 0.25) is 0 Å². The zero-order valence-electron chi connectivity index (χ0n) is 12.6. The highest BCUT2D eigenvalue weighted by molar-refractivity contribution is 7.61. The predicted molar refractivity (Wildman–Crippen MR) is 78.4 cm³/mol. The van der Waals surface area contributed by atoms with E-state index in [4.69, 9.17) is 9.05 Å². The van der Waals surface area contributed by atoms with E-state index in [1.165, 1.54) is 0 Å². The van der Waals surface area contributed by atoms with Crippen LogP contribution in [0.5, 0.6) is 0 Å². The fourth-order valence-electron chi connectivity index (χ4n) is 2.02. The molecule has 2 aromatic heterocycles. The summed E-state index contributed by atoms with van der Waals surface area (Å²) in [6, 6.07) is 3.94. The average molecular weight is 297 g/mol. The number of rotatable bonds is 5. The number of hydrogen-bond acceptors (Lipinski definition) is 3. The maximum Gasteiger partial charge on any atom is 0.405 e. The highest BCUT2D eigenvalue weighted by atomic mass is 31.2. The molecule has 0 unspecified atom stereocenters. The Balaban J connectivity index is 2.53. The van der Waals surface area contributed by atoms with Crippen molar-refractivity contribution in [3.8, 4) is 0 Å². The Bertz CT molecular complexity index is 635. The summed E-state index contributed by atoms with van der Waals surface area (Å²) in [6.07, 6.45) is 3.20. The maximum atomic E-state index is 13.1. The SMILES string of the molecule is Cc1cc[n+]2c(P(=O)(OC(C)C)OC(C)C)c[nH]c2c1. The number of imidazole rings is 1. The van der Waals surface area contributed by atoms with Crippen molar-refractivity contribution in [3.05, 3.63) is 30.1 Å². The molecule has 0 aromatic carbocycles. The first-order chi connectivity index (χ1) is 9.32. The topological polar surface area (TPSA) is 55.4 Å². The van der Waals surface area contributed by atoms with Gasteiger partial charge < -0.3 is 0 Å². The molecule has 0 saturated carbocycles. The third-order valence-electron chi connectivity index (χ3n) is 2.69. The molecular formula is C14H22N2O3P+. The quantitative estimate of drug-likeness (QED) is 0.682. The number of nitrogens with one attached hydrogen (secondary N) is 1. The molecule has 110 valence electrons. The van der Waals surface area contributed by atoms with E-state index >= 15 is 0 Å². The summed E-state index contributed by atoms with van der Waals surface area (Å²) in [4.78, 5) is 3.11. The minimum atomic E-state index is -3.37. The first kappa shape index (κ1) is 15.2. The van der Waals surface area contributed by atoms with Crippen molar-refractivity contribution in [2.45, 2.75) is 46.8 Å². The van der Waals surface area contributed by atoms with Gasteiger partial charge in [0.25, 0.3) is 11.1 Å². The molecule has 5 nitrogen and oxygen atoms in total. The van der Waals surface area contributed by atoms with Crippen LogP contribution in [0.3, 0.4) is 0 Å². The van der Waals surface area contributed by atoms with Crippen LogP contribution in [-0.2, 0) is 13.6 Å². The molecule has 0 fully saturated rings. The Morgan fingerprint density at radius 2 is 1.80 bits per heavy atom. The molecule has 0 aliphatic heterocycles. The lowest BCUT2D eigenvalue weighted by molar-refractivity contribution is -0.491. The molecule has 0 aliphatic carbocycles. The fourth-order valence-corrected chi connectivity index (χ4v) is 4.06. The standard InChI is InChI=1S/C14H21N2O3P/c1-10(2)18-20(17,19-11(3)4)14-9-15-13-8-12(5)6-7-16(13)14/h6-11H,1-5H3/p+1. The average Bonchev–Trinajstić information content (AvgIpc) is 2.69. The Kier molecular flexibility index (Phi) is 4.33. The Morgan fingerprint density at radius 1 is 1.20 bits per heavy atom. The number of aromatic nitrogens is 2. The maximum absolute atomic E-state index is 13.1. The monoisotopic (exact) mass is 297 g/mol. The second-order valence-corrected chi connectivity index (χ2v) is 7.29. The lowest BCUT2D eigenvalue weighted by Gasteiger charge is -2.20. The van der Waals surface area contributed by atoms with Gasteiger partial charge in [0.15, 0.2) is 0 Å². The van der Waals surface area contributed by atoms with Crippen molar-refractivity contribution < 1.29 is 18.0 Å². The highest BCUT2D eigenvalue weighted by Crippen LogP contribution is 2.48. The van der Waals surface area contributed by atoms with Crippen LogP contribution < -0.4 is 9.84 Å². The number of aryl methyl sites for hydroxylation is 1. The van der Waals surface area contributed by atoms with Crippen LogP contribution in [0.1, 0.15) is 33.3 Å². The van der Waals surface area contributed by atoms with Gasteiger partial charge in [0.05, 0.1) is 18.4 Å². The molecule has 0 saturated heterocycles. The molecule has 1 N–H and O–H groups in total. The summed E-state index contributed by atoms with van der Waals surface area (Å²) in [5.41, 5.74) is 2.51.